The van der Waals surface area contributed by atoms with Gasteiger partial charge in [0.15, 0.2) is 0 Å². The van der Waals surface area contributed by atoms with Crippen LogP contribution < -0.4 is 5.73 Å². The zero-order valence-corrected chi connectivity index (χ0v) is 11.9. The highest BCUT2D eigenvalue weighted by molar-refractivity contribution is 5.74. The summed E-state index contributed by atoms with van der Waals surface area (Å²) in [5.74, 6) is 0. The van der Waals surface area contributed by atoms with E-state index in [1.165, 1.54) is 0 Å². The van der Waals surface area contributed by atoms with Gasteiger partial charge in [-0.25, -0.2) is 4.79 Å². The van der Waals surface area contributed by atoms with Gasteiger partial charge in [-0.2, -0.15) is 0 Å². The van der Waals surface area contributed by atoms with E-state index in [4.69, 9.17) is 17.0 Å². The maximum Gasteiger partial charge on any atom is 0.411 e. The fourth-order valence-corrected chi connectivity index (χ4v) is 4.50. The first-order valence-electron chi connectivity index (χ1n) is 6.88. The van der Waals surface area contributed by atoms with E-state index in [0.29, 0.717) is 12.8 Å². The summed E-state index contributed by atoms with van der Waals surface area (Å²) in [7, 11) is 0. The Bertz CT molecular complexity index is 470. The molecule has 2 saturated carbocycles. The number of ether oxygens (including phenoxy) is 1. The van der Waals surface area contributed by atoms with E-state index < -0.39 is 11.3 Å². The lowest BCUT2D eigenvalue weighted by Gasteiger charge is -2.62. The summed E-state index contributed by atoms with van der Waals surface area (Å²) >= 11 is 0. The molecule has 2 unspecified atom stereocenters. The molecule has 5 rings (SSSR count). The minimum Gasteiger partial charge on any atom is -0.444 e. The van der Waals surface area contributed by atoms with Gasteiger partial charge in [0.1, 0.15) is 5.60 Å². The van der Waals surface area contributed by atoms with Crippen molar-refractivity contribution >= 4 is 6.09 Å². The number of hydrogen-bond donors (Lipinski definition) is 1. The topological polar surface area (TPSA) is 59.9 Å². The largest absolute Gasteiger partial charge is 0.444 e. The Hall–Kier alpha value is -1.28. The van der Waals surface area contributed by atoms with Crippen LogP contribution in [-0.2, 0) is 4.74 Å². The average molecular weight is 264 g/mol. The van der Waals surface area contributed by atoms with E-state index in [-0.39, 0.29) is 17.2 Å². The summed E-state index contributed by atoms with van der Waals surface area (Å²) < 4.78 is 5.53. The van der Waals surface area contributed by atoms with Crippen LogP contribution in [0.1, 0.15) is 52.9 Å². The van der Waals surface area contributed by atoms with Crippen LogP contribution >= 0.6 is 0 Å². The average Bonchev–Trinajstić information content (AvgIpc) is 2.63. The first kappa shape index (κ1) is 12.7. The van der Waals surface area contributed by atoms with Crippen LogP contribution in [-0.4, -0.2) is 33.3 Å². The normalized spacial score (nSPS) is 43.4. The van der Waals surface area contributed by atoms with Gasteiger partial charge in [-0.3, -0.25) is 10.6 Å². The SMILES string of the molecule is C#[N+]C1(N)CC23CCC(C1)(C2)N3C(=O)OC(C)(C)C. The molecule has 5 aliphatic rings. The lowest BCUT2D eigenvalue weighted by atomic mass is 9.63. The number of carbonyl (C=O) groups is 1. The van der Waals surface area contributed by atoms with Crippen molar-refractivity contribution in [3.63, 3.8) is 0 Å². The highest BCUT2D eigenvalue weighted by Gasteiger charge is 2.78. The lowest BCUT2D eigenvalue weighted by Crippen LogP contribution is -2.77. The number of hydrogen-bond acceptors (Lipinski definition) is 3. The van der Waals surface area contributed by atoms with Gasteiger partial charge in [0.05, 0.1) is 23.9 Å². The van der Waals surface area contributed by atoms with Gasteiger partial charge < -0.3 is 4.74 Å². The molecule has 2 N–H and O–H groups in total. The van der Waals surface area contributed by atoms with Gasteiger partial charge in [0.2, 0.25) is 0 Å². The van der Waals surface area contributed by atoms with Crippen LogP contribution in [0.4, 0.5) is 4.79 Å². The summed E-state index contributed by atoms with van der Waals surface area (Å²) in [6, 6.07) is 0. The molecule has 3 saturated heterocycles. The molecule has 0 spiro atoms. The monoisotopic (exact) mass is 264 g/mol. The Morgan fingerprint density at radius 2 is 1.79 bits per heavy atom. The second kappa shape index (κ2) is 3.24. The molecular formula is C14H22N3O2+. The molecule has 1 amide bonds. The summed E-state index contributed by atoms with van der Waals surface area (Å²) in [6.07, 6.45) is 4.08. The minimum atomic E-state index is -0.673. The Balaban J connectivity index is 1.86. The summed E-state index contributed by atoms with van der Waals surface area (Å²) in [5, 5.41) is 0. The molecule has 2 atom stereocenters. The number of rotatable bonds is 0. The molecule has 5 fully saturated rings. The van der Waals surface area contributed by atoms with Crippen molar-refractivity contribution in [1.82, 2.24) is 4.90 Å². The molecule has 5 nitrogen and oxygen atoms in total. The van der Waals surface area contributed by atoms with Gasteiger partial charge in [0, 0.05) is 0 Å². The third-order valence-electron chi connectivity index (χ3n) is 4.77. The van der Waals surface area contributed by atoms with Crippen LogP contribution in [0.5, 0.6) is 0 Å². The molecule has 104 valence electrons. The second-order valence-corrected chi connectivity index (χ2v) is 7.53. The van der Waals surface area contributed by atoms with E-state index in [9.17, 15) is 4.79 Å². The lowest BCUT2D eigenvalue weighted by molar-refractivity contribution is -0.135. The second-order valence-electron chi connectivity index (χ2n) is 7.53. The Kier molecular flexibility index (Phi) is 2.17. The van der Waals surface area contributed by atoms with Crippen LogP contribution in [0.3, 0.4) is 0 Å². The smallest absolute Gasteiger partial charge is 0.411 e. The number of carbonyl (C=O) groups excluding carboxylic acids is 1. The van der Waals surface area contributed by atoms with Crippen molar-refractivity contribution in [3.8, 4) is 6.57 Å². The van der Waals surface area contributed by atoms with Gasteiger partial charge in [-0.15, -0.1) is 0 Å². The number of piperidine rings is 1. The van der Waals surface area contributed by atoms with Gasteiger partial charge in [-0.05, 0) is 40.0 Å². The molecule has 5 heteroatoms. The van der Waals surface area contributed by atoms with Crippen molar-refractivity contribution < 1.29 is 9.53 Å². The molecular weight excluding hydrogens is 242 g/mol. The number of amides is 1. The number of nitrogens with zero attached hydrogens (tertiary/aromatic N) is 2. The van der Waals surface area contributed by atoms with Crippen LogP contribution in [0.2, 0.25) is 0 Å². The Morgan fingerprint density at radius 1 is 1.26 bits per heavy atom. The van der Waals surface area contributed by atoms with Gasteiger partial charge in [0.25, 0.3) is 6.57 Å². The first-order valence-corrected chi connectivity index (χ1v) is 6.88. The number of fused-ring (bicyclic) bond motifs is 3. The molecule has 0 radical (unpaired) electrons. The van der Waals surface area contributed by atoms with Crippen molar-refractivity contribution in [1.29, 1.82) is 0 Å². The van der Waals surface area contributed by atoms with E-state index in [1.54, 1.807) is 0 Å². The molecule has 2 aliphatic carbocycles. The Labute approximate surface area is 113 Å². The summed E-state index contributed by atoms with van der Waals surface area (Å²) in [6.45, 7) is 11.1. The maximum absolute atomic E-state index is 12.4. The third-order valence-corrected chi connectivity index (χ3v) is 4.77. The van der Waals surface area contributed by atoms with Gasteiger partial charge >= 0.3 is 11.8 Å². The summed E-state index contributed by atoms with van der Waals surface area (Å²) in [5.41, 5.74) is 4.73. The standard InChI is InChI=1S/C14H22N3O2/c1-11(2,3)19-10(18)17-12-5-6-13(17,7-12)9-14(15,8-12)16-4/h4H,5-9,15H2,1-3H3/q+1. The van der Waals surface area contributed by atoms with Crippen LogP contribution in [0, 0.1) is 6.57 Å². The predicted octanol–water partition coefficient (Wildman–Crippen LogP) is 2.31. The zero-order chi connectivity index (χ0) is 14.1. The maximum atomic E-state index is 12.4. The molecule has 0 aromatic carbocycles. The fraction of sp³-hybridized carbons (Fsp3) is 0.857. The highest BCUT2D eigenvalue weighted by Crippen LogP contribution is 2.67. The first-order chi connectivity index (χ1) is 8.64. The van der Waals surface area contributed by atoms with Crippen molar-refractivity contribution in [2.45, 2.75) is 75.2 Å². The molecule has 3 heterocycles. The zero-order valence-electron chi connectivity index (χ0n) is 11.9. The molecule has 2 bridgehead atoms. The van der Waals surface area contributed by atoms with Crippen LogP contribution in [0.15, 0.2) is 0 Å². The van der Waals surface area contributed by atoms with E-state index in [0.717, 1.165) is 19.3 Å². The highest BCUT2D eigenvalue weighted by atomic mass is 16.6. The third kappa shape index (κ3) is 1.59. The number of nitrogens with two attached hydrogens (primary N) is 1. The van der Waals surface area contributed by atoms with Crippen LogP contribution in [0.25, 0.3) is 4.85 Å². The van der Waals surface area contributed by atoms with Crippen molar-refractivity contribution in [2.24, 2.45) is 5.73 Å². The Morgan fingerprint density at radius 3 is 2.21 bits per heavy atom. The van der Waals surface area contributed by atoms with E-state index in [1.807, 2.05) is 25.7 Å². The van der Waals surface area contributed by atoms with E-state index >= 15 is 0 Å². The molecule has 0 aromatic heterocycles. The van der Waals surface area contributed by atoms with Gasteiger partial charge in [-0.1, -0.05) is 4.85 Å². The van der Waals surface area contributed by atoms with Crippen molar-refractivity contribution in [3.05, 3.63) is 4.85 Å². The quantitative estimate of drug-likeness (QED) is 0.730. The molecule has 0 aromatic rings. The minimum absolute atomic E-state index is 0.168. The fourth-order valence-electron chi connectivity index (χ4n) is 4.50. The van der Waals surface area contributed by atoms with Crippen molar-refractivity contribution in [2.75, 3.05) is 0 Å². The summed E-state index contributed by atoms with van der Waals surface area (Å²) in [4.78, 5) is 18.2. The predicted molar refractivity (Wildman–Crippen MR) is 71.8 cm³/mol. The molecule has 19 heavy (non-hydrogen) atoms. The molecule has 3 aliphatic heterocycles. The van der Waals surface area contributed by atoms with E-state index in [2.05, 4.69) is 4.85 Å².